The maximum atomic E-state index is 12.9. The van der Waals surface area contributed by atoms with Crippen molar-refractivity contribution in [2.75, 3.05) is 5.32 Å². The lowest BCUT2D eigenvalue weighted by Gasteiger charge is -2.16. The van der Waals surface area contributed by atoms with Crippen LogP contribution in [0.5, 0.6) is 0 Å². The third-order valence-corrected chi connectivity index (χ3v) is 5.36. The van der Waals surface area contributed by atoms with E-state index in [0.29, 0.717) is 10.7 Å². The molecule has 1 aliphatic rings. The molecule has 0 bridgehead atoms. The molecule has 1 amide bonds. The van der Waals surface area contributed by atoms with Crippen molar-refractivity contribution in [1.82, 2.24) is 19.3 Å². The smallest absolute Gasteiger partial charge is 0.322 e. The van der Waals surface area contributed by atoms with Crippen molar-refractivity contribution in [3.63, 3.8) is 0 Å². The van der Waals surface area contributed by atoms with Gasteiger partial charge in [0.25, 0.3) is 0 Å². The Hall–Kier alpha value is -2.81. The molecule has 1 aliphatic carbocycles. The second-order valence-electron chi connectivity index (χ2n) is 7.35. The van der Waals surface area contributed by atoms with E-state index in [1.807, 2.05) is 12.1 Å². The van der Waals surface area contributed by atoms with Gasteiger partial charge in [0.05, 0.1) is 23.3 Å². The number of carbonyl (C=O) groups excluding carboxylic acids is 1. The van der Waals surface area contributed by atoms with Crippen LogP contribution in [0.4, 0.5) is 18.9 Å². The van der Waals surface area contributed by atoms with Crippen LogP contribution in [-0.2, 0) is 11.0 Å². The maximum absolute atomic E-state index is 12.9. The molecule has 0 saturated heterocycles. The molecular weight excluding hydrogens is 419 g/mol. The summed E-state index contributed by atoms with van der Waals surface area (Å²) >= 11 is 5.96. The number of hydrogen-bond donors (Lipinski definition) is 1. The zero-order valence-electron chi connectivity index (χ0n) is 16.2. The number of alkyl halides is 3. The van der Waals surface area contributed by atoms with Gasteiger partial charge in [-0.3, -0.25) is 4.79 Å². The molecule has 4 rings (SSSR count). The topological polar surface area (TPSA) is 64.7 Å². The van der Waals surface area contributed by atoms with Crippen LogP contribution in [0.25, 0.3) is 5.69 Å². The maximum Gasteiger partial charge on any atom is 0.434 e. The van der Waals surface area contributed by atoms with E-state index in [1.165, 1.54) is 18.4 Å². The highest BCUT2D eigenvalue weighted by atomic mass is 35.5. The molecule has 1 fully saturated rings. The van der Waals surface area contributed by atoms with Gasteiger partial charge in [0.1, 0.15) is 11.9 Å². The molecule has 1 aromatic carbocycles. The molecule has 0 spiro atoms. The van der Waals surface area contributed by atoms with Crippen molar-refractivity contribution in [1.29, 1.82) is 0 Å². The molecular formula is C20H19ClF3N5O. The monoisotopic (exact) mass is 437 g/mol. The van der Waals surface area contributed by atoms with Crippen molar-refractivity contribution in [2.24, 2.45) is 0 Å². The third kappa shape index (κ3) is 3.94. The number of halogens is 4. The van der Waals surface area contributed by atoms with Gasteiger partial charge in [-0.15, -0.1) is 0 Å². The zero-order valence-corrected chi connectivity index (χ0v) is 17.0. The van der Waals surface area contributed by atoms with Crippen molar-refractivity contribution in [3.05, 3.63) is 58.9 Å². The summed E-state index contributed by atoms with van der Waals surface area (Å²) in [6, 6.07) is 6.32. The number of nitrogens with zero attached hydrogens (tertiary/aromatic N) is 4. The minimum Gasteiger partial charge on any atom is -0.322 e. The number of carbonyl (C=O) groups is 1. The Morgan fingerprint density at radius 3 is 2.50 bits per heavy atom. The highest BCUT2D eigenvalue weighted by molar-refractivity contribution is 6.30. The van der Waals surface area contributed by atoms with Crippen molar-refractivity contribution in [3.8, 4) is 5.69 Å². The Labute approximate surface area is 175 Å². The number of rotatable bonds is 5. The van der Waals surface area contributed by atoms with Gasteiger partial charge in [-0.05, 0) is 51.0 Å². The molecule has 0 unspecified atom stereocenters. The van der Waals surface area contributed by atoms with Crippen molar-refractivity contribution < 1.29 is 18.0 Å². The SMILES string of the molecule is Cc1nc(C(F)(F)F)cn1[C@@H](C)C(=O)Nc1cnn(-c2ccc(Cl)cc2)c1C1CC1. The number of imidazole rings is 1. The molecule has 0 radical (unpaired) electrons. The molecule has 30 heavy (non-hydrogen) atoms. The fraction of sp³-hybridized carbons (Fsp3) is 0.350. The second-order valence-corrected chi connectivity index (χ2v) is 7.79. The van der Waals surface area contributed by atoms with Crippen LogP contribution in [0, 0.1) is 6.92 Å². The number of nitrogens with one attached hydrogen (secondary N) is 1. The quantitative estimate of drug-likeness (QED) is 0.602. The lowest BCUT2D eigenvalue weighted by Crippen LogP contribution is -2.24. The van der Waals surface area contributed by atoms with Crippen LogP contribution in [0.3, 0.4) is 0 Å². The van der Waals surface area contributed by atoms with E-state index in [-0.39, 0.29) is 11.7 Å². The molecule has 2 aromatic heterocycles. The average molecular weight is 438 g/mol. The summed E-state index contributed by atoms with van der Waals surface area (Å²) in [5, 5.41) is 7.84. The first-order chi connectivity index (χ1) is 14.1. The van der Waals surface area contributed by atoms with Gasteiger partial charge in [0, 0.05) is 17.1 Å². The third-order valence-electron chi connectivity index (χ3n) is 5.10. The molecule has 3 aromatic rings. The number of anilines is 1. The largest absolute Gasteiger partial charge is 0.434 e. The Morgan fingerprint density at radius 2 is 1.93 bits per heavy atom. The minimum atomic E-state index is -4.56. The van der Waals surface area contributed by atoms with E-state index in [0.717, 1.165) is 30.4 Å². The lowest BCUT2D eigenvalue weighted by molar-refractivity contribution is -0.141. The average Bonchev–Trinajstić information content (AvgIpc) is 3.31. The Bertz CT molecular complexity index is 1080. The van der Waals surface area contributed by atoms with E-state index in [1.54, 1.807) is 23.0 Å². The summed E-state index contributed by atoms with van der Waals surface area (Å²) in [6.07, 6.45) is -0.182. The van der Waals surface area contributed by atoms with Gasteiger partial charge >= 0.3 is 6.18 Å². The predicted octanol–water partition coefficient (Wildman–Crippen LogP) is 5.13. The van der Waals surface area contributed by atoms with Gasteiger partial charge in [-0.1, -0.05) is 11.6 Å². The van der Waals surface area contributed by atoms with Gasteiger partial charge < -0.3 is 9.88 Å². The van der Waals surface area contributed by atoms with Crippen LogP contribution in [0.15, 0.2) is 36.7 Å². The second kappa shape index (κ2) is 7.46. The van der Waals surface area contributed by atoms with Gasteiger partial charge in [0.2, 0.25) is 5.91 Å². The number of aryl methyl sites for hydroxylation is 1. The van der Waals surface area contributed by atoms with E-state index in [9.17, 15) is 18.0 Å². The van der Waals surface area contributed by atoms with Crippen LogP contribution in [0.2, 0.25) is 5.02 Å². The number of amides is 1. The van der Waals surface area contributed by atoms with Gasteiger partial charge in [-0.2, -0.15) is 18.3 Å². The molecule has 0 aliphatic heterocycles. The molecule has 2 heterocycles. The molecule has 10 heteroatoms. The first-order valence-corrected chi connectivity index (χ1v) is 9.80. The number of benzene rings is 1. The van der Waals surface area contributed by atoms with Gasteiger partial charge in [0.15, 0.2) is 5.69 Å². The van der Waals surface area contributed by atoms with Crippen LogP contribution >= 0.6 is 11.6 Å². The zero-order chi connectivity index (χ0) is 21.6. The first-order valence-electron chi connectivity index (χ1n) is 9.42. The molecule has 1 atom stereocenters. The van der Waals surface area contributed by atoms with Crippen LogP contribution < -0.4 is 5.32 Å². The van der Waals surface area contributed by atoms with E-state index in [2.05, 4.69) is 15.4 Å². The fourth-order valence-corrected chi connectivity index (χ4v) is 3.50. The molecule has 1 N–H and O–H groups in total. The van der Waals surface area contributed by atoms with E-state index >= 15 is 0 Å². The normalized spacial score (nSPS) is 15.3. The Balaban J connectivity index is 1.59. The summed E-state index contributed by atoms with van der Waals surface area (Å²) in [5.41, 5.74) is 1.22. The van der Waals surface area contributed by atoms with Crippen LogP contribution in [-0.4, -0.2) is 25.2 Å². The Kier molecular flexibility index (Phi) is 5.09. The Morgan fingerprint density at radius 1 is 1.27 bits per heavy atom. The number of aromatic nitrogens is 4. The molecule has 1 saturated carbocycles. The van der Waals surface area contributed by atoms with Crippen LogP contribution in [0.1, 0.15) is 48.9 Å². The minimum absolute atomic E-state index is 0.115. The summed E-state index contributed by atoms with van der Waals surface area (Å²) in [7, 11) is 0. The van der Waals surface area contributed by atoms with Crippen molar-refractivity contribution >= 4 is 23.2 Å². The van der Waals surface area contributed by atoms with Crippen molar-refractivity contribution in [2.45, 2.75) is 44.8 Å². The summed E-state index contributed by atoms with van der Waals surface area (Å²) in [6.45, 7) is 2.97. The van der Waals surface area contributed by atoms with Gasteiger partial charge in [-0.25, -0.2) is 9.67 Å². The fourth-order valence-electron chi connectivity index (χ4n) is 3.37. The van der Waals surface area contributed by atoms with E-state index in [4.69, 9.17) is 11.6 Å². The number of hydrogen-bond acceptors (Lipinski definition) is 3. The predicted molar refractivity (Wildman–Crippen MR) is 106 cm³/mol. The first kappa shape index (κ1) is 20.5. The summed E-state index contributed by atoms with van der Waals surface area (Å²) < 4.78 is 41.8. The summed E-state index contributed by atoms with van der Waals surface area (Å²) in [5.74, 6) is -0.0633. The molecule has 6 nitrogen and oxygen atoms in total. The summed E-state index contributed by atoms with van der Waals surface area (Å²) in [4.78, 5) is 16.3. The highest BCUT2D eigenvalue weighted by Crippen LogP contribution is 2.44. The molecule has 158 valence electrons. The van der Waals surface area contributed by atoms with E-state index < -0.39 is 23.8 Å². The highest BCUT2D eigenvalue weighted by Gasteiger charge is 2.36. The standard InChI is InChI=1S/C20H19ClF3N5O/c1-11(28-10-17(20(22,23)24)26-12(28)2)19(30)27-16-9-25-29(18(16)13-3-4-13)15-7-5-14(21)6-8-15/h5-11,13H,3-4H2,1-2H3,(H,27,30)/t11-/m0/s1. The lowest BCUT2D eigenvalue weighted by atomic mass is 10.2.